The number of rotatable bonds is 5. The van der Waals surface area contributed by atoms with E-state index >= 15 is 0 Å². The first kappa shape index (κ1) is 18.1. The molecule has 0 bridgehead atoms. The number of alkyl halides is 3. The third kappa shape index (κ3) is 4.64. The summed E-state index contributed by atoms with van der Waals surface area (Å²) in [6.45, 7) is -0.363. The molecule has 0 aliphatic heterocycles. The summed E-state index contributed by atoms with van der Waals surface area (Å²) in [6.07, 6.45) is -4.52. The van der Waals surface area contributed by atoms with Gasteiger partial charge in [0.05, 0.1) is 12.7 Å². The van der Waals surface area contributed by atoms with Crippen molar-refractivity contribution >= 4 is 27.5 Å². The molecule has 0 spiro atoms. The Balaban J connectivity index is 2.03. The Hall–Kier alpha value is -2.22. The van der Waals surface area contributed by atoms with Crippen LogP contribution in [0.15, 0.2) is 46.9 Å². The van der Waals surface area contributed by atoms with E-state index < -0.39 is 17.6 Å². The second kappa shape index (κ2) is 7.57. The van der Waals surface area contributed by atoms with Crippen LogP contribution in [0.25, 0.3) is 0 Å². The van der Waals surface area contributed by atoms with Gasteiger partial charge >= 0.3 is 6.18 Å². The molecule has 8 heteroatoms. The first-order valence-corrected chi connectivity index (χ1v) is 7.53. The van der Waals surface area contributed by atoms with Gasteiger partial charge in [0.1, 0.15) is 0 Å². The van der Waals surface area contributed by atoms with Crippen LogP contribution in [0.1, 0.15) is 5.56 Å². The lowest BCUT2D eigenvalue weighted by atomic mass is 10.2. The van der Waals surface area contributed by atoms with E-state index in [4.69, 9.17) is 9.47 Å². The molecule has 1 amide bonds. The molecular formula is C16H13BrF3NO3. The van der Waals surface area contributed by atoms with E-state index in [0.717, 1.165) is 6.07 Å². The lowest BCUT2D eigenvalue weighted by Crippen LogP contribution is -2.20. The van der Waals surface area contributed by atoms with E-state index in [0.29, 0.717) is 11.5 Å². The van der Waals surface area contributed by atoms with Gasteiger partial charge in [0.15, 0.2) is 18.1 Å². The van der Waals surface area contributed by atoms with Crippen molar-refractivity contribution in [3.8, 4) is 11.5 Å². The van der Waals surface area contributed by atoms with Crippen molar-refractivity contribution in [3.63, 3.8) is 0 Å². The highest BCUT2D eigenvalue weighted by atomic mass is 79.9. The Labute approximate surface area is 144 Å². The summed E-state index contributed by atoms with van der Waals surface area (Å²) >= 11 is 2.84. The number of para-hydroxylation sites is 2. The number of anilines is 1. The van der Waals surface area contributed by atoms with Gasteiger partial charge in [-0.2, -0.15) is 13.2 Å². The van der Waals surface area contributed by atoms with Crippen LogP contribution < -0.4 is 14.8 Å². The maximum absolute atomic E-state index is 12.8. The van der Waals surface area contributed by atoms with Crippen LogP contribution in [0.4, 0.5) is 18.9 Å². The molecule has 0 saturated heterocycles. The highest BCUT2D eigenvalue weighted by Gasteiger charge is 2.33. The van der Waals surface area contributed by atoms with Crippen LogP contribution in [0.2, 0.25) is 0 Å². The van der Waals surface area contributed by atoms with Crippen molar-refractivity contribution in [1.29, 1.82) is 0 Å². The SMILES string of the molecule is COc1ccccc1OCC(=O)Nc1ccc(Br)c(C(F)(F)F)c1. The third-order valence-electron chi connectivity index (χ3n) is 2.98. The molecule has 2 aromatic carbocycles. The van der Waals surface area contributed by atoms with E-state index in [1.807, 2.05) is 0 Å². The molecule has 0 saturated carbocycles. The van der Waals surface area contributed by atoms with Crippen LogP contribution in [-0.2, 0) is 11.0 Å². The number of hydrogen-bond donors (Lipinski definition) is 1. The molecule has 24 heavy (non-hydrogen) atoms. The van der Waals surface area contributed by atoms with E-state index in [1.54, 1.807) is 24.3 Å². The smallest absolute Gasteiger partial charge is 0.417 e. The quantitative estimate of drug-likeness (QED) is 0.799. The maximum Gasteiger partial charge on any atom is 0.417 e. The Bertz CT molecular complexity index is 735. The Morgan fingerprint density at radius 1 is 1.17 bits per heavy atom. The van der Waals surface area contributed by atoms with Crippen molar-refractivity contribution in [2.24, 2.45) is 0 Å². The number of carbonyl (C=O) groups excluding carboxylic acids is 1. The molecule has 2 aromatic rings. The molecule has 0 atom stereocenters. The number of carbonyl (C=O) groups is 1. The third-order valence-corrected chi connectivity index (χ3v) is 3.67. The van der Waals surface area contributed by atoms with Crippen molar-refractivity contribution in [1.82, 2.24) is 0 Å². The van der Waals surface area contributed by atoms with Crippen LogP contribution in [0, 0.1) is 0 Å². The van der Waals surface area contributed by atoms with E-state index in [1.165, 1.54) is 19.2 Å². The van der Waals surface area contributed by atoms with Crippen LogP contribution in [0.5, 0.6) is 11.5 Å². The normalized spacial score (nSPS) is 11.0. The molecule has 1 N–H and O–H groups in total. The maximum atomic E-state index is 12.8. The van der Waals surface area contributed by atoms with Gasteiger partial charge in [-0.3, -0.25) is 4.79 Å². The van der Waals surface area contributed by atoms with E-state index in [2.05, 4.69) is 21.2 Å². The fourth-order valence-corrected chi connectivity index (χ4v) is 2.37. The zero-order chi connectivity index (χ0) is 17.7. The number of benzene rings is 2. The summed E-state index contributed by atoms with van der Waals surface area (Å²) < 4.78 is 48.8. The molecule has 0 unspecified atom stereocenters. The first-order valence-electron chi connectivity index (χ1n) is 6.73. The van der Waals surface area contributed by atoms with E-state index in [9.17, 15) is 18.0 Å². The van der Waals surface area contributed by atoms with Crippen LogP contribution in [-0.4, -0.2) is 19.6 Å². The van der Waals surface area contributed by atoms with Gasteiger partial charge in [-0.05, 0) is 30.3 Å². The fourth-order valence-electron chi connectivity index (χ4n) is 1.90. The predicted octanol–water partition coefficient (Wildman–Crippen LogP) is 4.49. The molecule has 128 valence electrons. The van der Waals surface area contributed by atoms with Gasteiger partial charge in [0.25, 0.3) is 5.91 Å². The molecule has 0 radical (unpaired) electrons. The average molecular weight is 404 g/mol. The van der Waals surface area contributed by atoms with E-state index in [-0.39, 0.29) is 16.8 Å². The zero-order valence-electron chi connectivity index (χ0n) is 12.5. The number of ether oxygens (including phenoxy) is 2. The molecule has 0 aliphatic carbocycles. The highest BCUT2D eigenvalue weighted by Crippen LogP contribution is 2.36. The summed E-state index contributed by atoms with van der Waals surface area (Å²) in [5.74, 6) is 0.228. The fraction of sp³-hybridized carbons (Fsp3) is 0.188. The van der Waals surface area contributed by atoms with Gasteiger partial charge in [-0.15, -0.1) is 0 Å². The minimum Gasteiger partial charge on any atom is -0.493 e. The lowest BCUT2D eigenvalue weighted by molar-refractivity contribution is -0.138. The monoisotopic (exact) mass is 403 g/mol. The number of methoxy groups -OCH3 is 1. The second-order valence-corrected chi connectivity index (χ2v) is 5.53. The Morgan fingerprint density at radius 2 is 1.83 bits per heavy atom. The summed E-state index contributed by atoms with van der Waals surface area (Å²) in [4.78, 5) is 11.9. The molecule has 2 rings (SSSR count). The molecule has 0 aliphatic rings. The number of hydrogen-bond acceptors (Lipinski definition) is 3. The second-order valence-electron chi connectivity index (χ2n) is 4.68. The number of amides is 1. The number of nitrogens with one attached hydrogen (secondary N) is 1. The van der Waals surface area contributed by atoms with Gasteiger partial charge in [0.2, 0.25) is 0 Å². The lowest BCUT2D eigenvalue weighted by Gasteiger charge is -2.13. The van der Waals surface area contributed by atoms with Gasteiger partial charge in [-0.25, -0.2) is 0 Å². The van der Waals surface area contributed by atoms with Crippen LogP contribution >= 0.6 is 15.9 Å². The van der Waals surface area contributed by atoms with Gasteiger partial charge in [0, 0.05) is 10.2 Å². The average Bonchev–Trinajstić information content (AvgIpc) is 2.54. The molecule has 0 heterocycles. The summed E-state index contributed by atoms with van der Waals surface area (Å²) in [5, 5.41) is 2.36. The molecule has 0 aromatic heterocycles. The summed E-state index contributed by atoms with van der Waals surface area (Å²) in [5.41, 5.74) is -0.843. The predicted molar refractivity (Wildman–Crippen MR) is 86.3 cm³/mol. The van der Waals surface area contributed by atoms with Gasteiger partial charge < -0.3 is 14.8 Å². The van der Waals surface area contributed by atoms with Crippen molar-refractivity contribution in [2.75, 3.05) is 19.0 Å². The number of halogens is 4. The summed E-state index contributed by atoms with van der Waals surface area (Å²) in [7, 11) is 1.46. The van der Waals surface area contributed by atoms with Crippen molar-refractivity contribution < 1.29 is 27.4 Å². The first-order chi connectivity index (χ1) is 11.3. The Morgan fingerprint density at radius 3 is 2.46 bits per heavy atom. The molecule has 4 nitrogen and oxygen atoms in total. The standard InChI is InChI=1S/C16H13BrF3NO3/c1-23-13-4-2-3-5-14(13)24-9-15(22)21-10-6-7-12(17)11(8-10)16(18,19)20/h2-8H,9H2,1H3,(H,21,22). The Kier molecular flexibility index (Phi) is 5.71. The zero-order valence-corrected chi connectivity index (χ0v) is 14.1. The largest absolute Gasteiger partial charge is 0.493 e. The van der Waals surface area contributed by atoms with Crippen molar-refractivity contribution in [2.45, 2.75) is 6.18 Å². The highest BCUT2D eigenvalue weighted by molar-refractivity contribution is 9.10. The summed E-state index contributed by atoms with van der Waals surface area (Å²) in [6, 6.07) is 10.2. The van der Waals surface area contributed by atoms with Gasteiger partial charge in [-0.1, -0.05) is 28.1 Å². The topological polar surface area (TPSA) is 47.6 Å². The minimum absolute atomic E-state index is 0.0270. The molecular weight excluding hydrogens is 391 g/mol. The van der Waals surface area contributed by atoms with Crippen molar-refractivity contribution in [3.05, 3.63) is 52.5 Å². The molecule has 0 fully saturated rings. The van der Waals surface area contributed by atoms with Crippen LogP contribution in [0.3, 0.4) is 0 Å². The minimum atomic E-state index is -4.52.